The predicted molar refractivity (Wildman–Crippen MR) is 118 cm³/mol. The fourth-order valence-corrected chi connectivity index (χ4v) is 7.47. The molecule has 3 saturated carbocycles. The summed E-state index contributed by atoms with van der Waals surface area (Å²) in [7, 11) is 0. The van der Waals surface area contributed by atoms with E-state index in [1.807, 2.05) is 13.8 Å². The second kappa shape index (κ2) is 8.01. The van der Waals surface area contributed by atoms with Gasteiger partial charge in [0.1, 0.15) is 11.7 Å². The van der Waals surface area contributed by atoms with E-state index < -0.39 is 5.60 Å². The van der Waals surface area contributed by atoms with Crippen LogP contribution in [0.5, 0.6) is 0 Å². The number of hydrogen-bond donors (Lipinski definition) is 2. The molecule has 1 aliphatic heterocycles. The molecular formula is C26H42O4. The number of ether oxygens (including phenoxy) is 1. The standard InChI is InChI=1S/C26H42O4/c1-17(7-5-12-24(2,3)29)20-9-11-22-25(20,4)13-6-14-26(22)23(30-26)16-18-15-19(27)8-10-21(18)28/h16-17,19-20,22-23,27,29H,5-15H2,1-4H3/b18-16-/t17-,19+,20-,22-,23?,25-,26+/m1/s1. The van der Waals surface area contributed by atoms with Crippen molar-refractivity contribution in [3.8, 4) is 0 Å². The number of hydrogen-bond acceptors (Lipinski definition) is 4. The molecule has 4 heteroatoms. The van der Waals surface area contributed by atoms with Gasteiger partial charge in [0.15, 0.2) is 5.78 Å². The van der Waals surface area contributed by atoms with E-state index in [9.17, 15) is 15.0 Å². The zero-order valence-electron chi connectivity index (χ0n) is 19.5. The molecule has 0 bridgehead atoms. The minimum Gasteiger partial charge on any atom is -0.393 e. The van der Waals surface area contributed by atoms with Crippen LogP contribution in [0.3, 0.4) is 0 Å². The van der Waals surface area contributed by atoms with Gasteiger partial charge in [0.25, 0.3) is 0 Å². The molecule has 30 heavy (non-hydrogen) atoms. The average Bonchev–Trinajstić information content (AvgIpc) is 3.17. The quantitative estimate of drug-likeness (QED) is 0.472. The summed E-state index contributed by atoms with van der Waals surface area (Å²) < 4.78 is 6.42. The molecular weight excluding hydrogens is 376 g/mol. The number of aliphatic hydroxyl groups is 2. The van der Waals surface area contributed by atoms with Gasteiger partial charge in [-0.25, -0.2) is 0 Å². The Morgan fingerprint density at radius 2 is 2.03 bits per heavy atom. The van der Waals surface area contributed by atoms with Crippen molar-refractivity contribution in [3.05, 3.63) is 11.6 Å². The number of epoxide rings is 1. The first-order valence-electron chi connectivity index (χ1n) is 12.4. The number of carbonyl (C=O) groups excluding carboxylic acids is 1. The molecule has 0 aromatic carbocycles. The molecule has 4 aliphatic rings. The van der Waals surface area contributed by atoms with E-state index >= 15 is 0 Å². The number of fused-ring (bicyclic) bond motifs is 2. The van der Waals surface area contributed by atoms with Crippen molar-refractivity contribution in [2.45, 2.75) is 122 Å². The molecule has 0 aromatic heterocycles. The van der Waals surface area contributed by atoms with Crippen LogP contribution >= 0.6 is 0 Å². The van der Waals surface area contributed by atoms with Gasteiger partial charge in [0.2, 0.25) is 0 Å². The van der Waals surface area contributed by atoms with Crippen molar-refractivity contribution in [1.82, 2.24) is 0 Å². The minimum absolute atomic E-state index is 0.0652. The van der Waals surface area contributed by atoms with Crippen LogP contribution in [0.2, 0.25) is 0 Å². The molecule has 1 heterocycles. The molecule has 4 fully saturated rings. The highest BCUT2D eigenvalue weighted by atomic mass is 16.6. The maximum atomic E-state index is 12.3. The van der Waals surface area contributed by atoms with Crippen LogP contribution in [0.4, 0.5) is 0 Å². The maximum Gasteiger partial charge on any atom is 0.158 e. The lowest BCUT2D eigenvalue weighted by molar-refractivity contribution is -0.117. The van der Waals surface area contributed by atoms with Crippen LogP contribution in [-0.2, 0) is 9.53 Å². The van der Waals surface area contributed by atoms with Crippen molar-refractivity contribution in [2.75, 3.05) is 0 Å². The minimum atomic E-state index is -0.566. The van der Waals surface area contributed by atoms with Gasteiger partial charge in [-0.15, -0.1) is 0 Å². The average molecular weight is 419 g/mol. The van der Waals surface area contributed by atoms with E-state index in [2.05, 4.69) is 19.9 Å². The summed E-state index contributed by atoms with van der Waals surface area (Å²) in [6.45, 7) is 8.73. The van der Waals surface area contributed by atoms with Gasteiger partial charge in [-0.05, 0) is 93.6 Å². The molecule has 170 valence electrons. The van der Waals surface area contributed by atoms with Crippen LogP contribution in [-0.4, -0.2) is 39.4 Å². The first-order chi connectivity index (χ1) is 14.1. The highest BCUT2D eigenvalue weighted by Crippen LogP contribution is 2.67. The third kappa shape index (κ3) is 4.17. The topological polar surface area (TPSA) is 70.1 Å². The molecule has 4 nitrogen and oxygen atoms in total. The number of Topliss-reactive ketones (excluding diaryl/α,β-unsaturated/α-hetero) is 1. The normalized spacial score (nSPS) is 43.8. The highest BCUT2D eigenvalue weighted by molar-refractivity contribution is 5.96. The van der Waals surface area contributed by atoms with E-state index in [0.29, 0.717) is 36.5 Å². The zero-order chi connectivity index (χ0) is 21.7. The third-order valence-corrected chi connectivity index (χ3v) is 9.06. The van der Waals surface area contributed by atoms with Gasteiger partial charge in [-0.1, -0.05) is 26.7 Å². The summed E-state index contributed by atoms with van der Waals surface area (Å²) in [5.41, 5.74) is 0.487. The van der Waals surface area contributed by atoms with E-state index in [1.54, 1.807) is 0 Å². The summed E-state index contributed by atoms with van der Waals surface area (Å²) in [5.74, 6) is 2.17. The van der Waals surface area contributed by atoms with Crippen LogP contribution in [0.25, 0.3) is 0 Å². The van der Waals surface area contributed by atoms with Gasteiger partial charge >= 0.3 is 0 Å². The molecule has 2 N–H and O–H groups in total. The highest BCUT2D eigenvalue weighted by Gasteiger charge is 2.68. The van der Waals surface area contributed by atoms with E-state index in [0.717, 1.165) is 30.8 Å². The fourth-order valence-electron chi connectivity index (χ4n) is 7.47. The Hall–Kier alpha value is -0.710. The number of ketones is 1. The van der Waals surface area contributed by atoms with Gasteiger partial charge in [0, 0.05) is 12.8 Å². The Bertz CT molecular complexity index is 692. The Morgan fingerprint density at radius 1 is 1.27 bits per heavy atom. The molecule has 0 radical (unpaired) electrons. The predicted octanol–water partition coefficient (Wildman–Crippen LogP) is 4.96. The van der Waals surface area contributed by atoms with E-state index in [4.69, 9.17) is 4.74 Å². The Balaban J connectivity index is 1.44. The van der Waals surface area contributed by atoms with E-state index in [1.165, 1.54) is 32.1 Å². The van der Waals surface area contributed by atoms with Crippen LogP contribution in [0, 0.1) is 23.2 Å². The van der Waals surface area contributed by atoms with Gasteiger partial charge in [0.05, 0.1) is 11.7 Å². The number of rotatable bonds is 6. The smallest absolute Gasteiger partial charge is 0.158 e. The Labute approximate surface area is 182 Å². The van der Waals surface area contributed by atoms with Crippen molar-refractivity contribution in [1.29, 1.82) is 0 Å². The number of carbonyl (C=O) groups is 1. The van der Waals surface area contributed by atoms with Gasteiger partial charge in [-0.3, -0.25) is 4.79 Å². The second-order valence-corrected chi connectivity index (χ2v) is 11.8. The van der Waals surface area contributed by atoms with Crippen LogP contribution in [0.15, 0.2) is 11.6 Å². The van der Waals surface area contributed by atoms with Crippen LogP contribution in [0.1, 0.15) is 98.3 Å². The fraction of sp³-hybridized carbons (Fsp3) is 0.885. The maximum absolute atomic E-state index is 12.3. The first kappa shape index (κ1) is 22.5. The van der Waals surface area contributed by atoms with E-state index in [-0.39, 0.29) is 23.6 Å². The largest absolute Gasteiger partial charge is 0.393 e. The molecule has 4 rings (SSSR count). The summed E-state index contributed by atoms with van der Waals surface area (Å²) in [6.07, 6.45) is 12.6. The molecule has 3 aliphatic carbocycles. The van der Waals surface area contributed by atoms with Gasteiger partial charge in [-0.2, -0.15) is 0 Å². The zero-order valence-corrected chi connectivity index (χ0v) is 19.5. The molecule has 1 saturated heterocycles. The van der Waals surface area contributed by atoms with Crippen LogP contribution < -0.4 is 0 Å². The molecule has 1 spiro atoms. The second-order valence-electron chi connectivity index (χ2n) is 11.8. The molecule has 0 amide bonds. The molecule has 7 atom stereocenters. The lowest BCUT2D eigenvalue weighted by Crippen LogP contribution is -2.44. The Morgan fingerprint density at radius 3 is 2.77 bits per heavy atom. The summed E-state index contributed by atoms with van der Waals surface area (Å²) in [5, 5.41) is 20.0. The lowest BCUT2D eigenvalue weighted by atomic mass is 9.58. The van der Waals surface area contributed by atoms with Crippen molar-refractivity contribution < 1.29 is 19.7 Å². The Kier molecular flexibility index (Phi) is 6.00. The summed E-state index contributed by atoms with van der Waals surface area (Å²) >= 11 is 0. The lowest BCUT2D eigenvalue weighted by Gasteiger charge is -2.46. The number of aliphatic hydroxyl groups excluding tert-OH is 1. The SMILES string of the molecule is C[C@H](CCCC(C)(C)O)[C@H]1CC[C@@H]2[C@]1(C)CCC[C@]21OC1/C=C1/C[C@@H](O)CCC1=O. The monoisotopic (exact) mass is 418 g/mol. The van der Waals surface area contributed by atoms with Crippen molar-refractivity contribution in [3.63, 3.8) is 0 Å². The summed E-state index contributed by atoms with van der Waals surface area (Å²) in [4.78, 5) is 12.3. The molecule has 0 aromatic rings. The first-order valence-corrected chi connectivity index (χ1v) is 12.4. The molecule has 1 unspecified atom stereocenters. The third-order valence-electron chi connectivity index (χ3n) is 9.06. The summed E-state index contributed by atoms with van der Waals surface area (Å²) in [6, 6.07) is 0. The van der Waals surface area contributed by atoms with Gasteiger partial charge < -0.3 is 14.9 Å². The van der Waals surface area contributed by atoms with Crippen molar-refractivity contribution >= 4 is 5.78 Å². The van der Waals surface area contributed by atoms with Crippen molar-refractivity contribution in [2.24, 2.45) is 23.2 Å².